The predicted octanol–water partition coefficient (Wildman–Crippen LogP) is 5.12. The van der Waals surface area contributed by atoms with E-state index in [9.17, 15) is 9.59 Å². The number of carbonyl (C=O) groups excluding carboxylic acids is 2. The lowest BCUT2D eigenvalue weighted by atomic mass is 10.1. The molecular formula is C23H21ClN2O3. The van der Waals surface area contributed by atoms with Crippen molar-refractivity contribution in [3.05, 3.63) is 95.0 Å². The molecule has 5 nitrogen and oxygen atoms in total. The number of benzene rings is 3. The van der Waals surface area contributed by atoms with Gasteiger partial charge >= 0.3 is 5.97 Å². The second kappa shape index (κ2) is 9.75. The van der Waals surface area contributed by atoms with E-state index in [1.807, 2.05) is 55.5 Å². The zero-order chi connectivity index (χ0) is 20.6. The summed E-state index contributed by atoms with van der Waals surface area (Å²) >= 11 is 5.98. The lowest BCUT2D eigenvalue weighted by Gasteiger charge is -2.15. The molecule has 0 aliphatic carbocycles. The third-order valence-corrected chi connectivity index (χ3v) is 4.50. The Morgan fingerprint density at radius 2 is 1.69 bits per heavy atom. The molecule has 1 amide bonds. The van der Waals surface area contributed by atoms with Crippen LogP contribution in [-0.2, 0) is 9.53 Å². The first-order chi connectivity index (χ1) is 14.0. The molecule has 148 valence electrons. The number of hydrogen-bond donors (Lipinski definition) is 2. The van der Waals surface area contributed by atoms with Crippen molar-refractivity contribution < 1.29 is 14.3 Å². The molecule has 2 N–H and O–H groups in total. The summed E-state index contributed by atoms with van der Waals surface area (Å²) in [6.07, 6.45) is 0. The number of anilines is 2. The molecule has 0 unspecified atom stereocenters. The van der Waals surface area contributed by atoms with E-state index in [2.05, 4.69) is 10.6 Å². The van der Waals surface area contributed by atoms with Gasteiger partial charge in [-0.05, 0) is 48.9 Å². The minimum Gasteiger partial charge on any atom is -0.452 e. The Morgan fingerprint density at radius 3 is 2.45 bits per heavy atom. The highest BCUT2D eigenvalue weighted by Gasteiger charge is 2.16. The van der Waals surface area contributed by atoms with Gasteiger partial charge < -0.3 is 15.4 Å². The summed E-state index contributed by atoms with van der Waals surface area (Å²) in [5, 5.41) is 6.58. The van der Waals surface area contributed by atoms with Gasteiger partial charge in [-0.3, -0.25) is 4.79 Å². The number of nitrogens with one attached hydrogen (secondary N) is 2. The van der Waals surface area contributed by atoms with Crippen LogP contribution in [0.15, 0.2) is 78.9 Å². The lowest BCUT2D eigenvalue weighted by molar-refractivity contribution is -0.124. The second-order valence-electron chi connectivity index (χ2n) is 6.46. The summed E-state index contributed by atoms with van der Waals surface area (Å²) in [4.78, 5) is 24.7. The molecule has 0 aromatic heterocycles. The third-order valence-electron chi connectivity index (χ3n) is 4.26. The van der Waals surface area contributed by atoms with Crippen molar-refractivity contribution in [2.75, 3.05) is 11.9 Å². The van der Waals surface area contributed by atoms with Crippen molar-refractivity contribution in [1.82, 2.24) is 5.32 Å². The Labute approximate surface area is 174 Å². The normalized spacial score (nSPS) is 11.4. The molecule has 29 heavy (non-hydrogen) atoms. The Bertz CT molecular complexity index is 992. The fraction of sp³-hybridized carbons (Fsp3) is 0.130. The number of ether oxygens (including phenoxy) is 1. The number of amides is 1. The highest BCUT2D eigenvalue weighted by Crippen LogP contribution is 2.21. The SMILES string of the molecule is C[C@H](NC(=O)COC(=O)c1ccccc1Nc1ccccc1)c1cccc(Cl)c1. The van der Waals surface area contributed by atoms with E-state index in [4.69, 9.17) is 16.3 Å². The summed E-state index contributed by atoms with van der Waals surface area (Å²) < 4.78 is 5.21. The molecule has 3 rings (SSSR count). The van der Waals surface area contributed by atoms with Gasteiger partial charge in [0.15, 0.2) is 6.61 Å². The van der Waals surface area contributed by atoms with Gasteiger partial charge in [0.05, 0.1) is 17.3 Å². The predicted molar refractivity (Wildman–Crippen MR) is 114 cm³/mol. The summed E-state index contributed by atoms with van der Waals surface area (Å²) in [5.41, 5.74) is 2.68. The van der Waals surface area contributed by atoms with Crippen molar-refractivity contribution in [3.8, 4) is 0 Å². The molecule has 0 saturated carbocycles. The van der Waals surface area contributed by atoms with Gasteiger partial charge in [-0.2, -0.15) is 0 Å². The molecule has 0 saturated heterocycles. The van der Waals surface area contributed by atoms with Gasteiger partial charge in [0.2, 0.25) is 0 Å². The molecule has 6 heteroatoms. The van der Waals surface area contributed by atoms with Crippen LogP contribution in [0.25, 0.3) is 0 Å². The topological polar surface area (TPSA) is 67.4 Å². The Hall–Kier alpha value is -3.31. The lowest BCUT2D eigenvalue weighted by Crippen LogP contribution is -2.31. The van der Waals surface area contributed by atoms with Crippen molar-refractivity contribution in [2.45, 2.75) is 13.0 Å². The fourth-order valence-corrected chi connectivity index (χ4v) is 3.00. The monoisotopic (exact) mass is 408 g/mol. The van der Waals surface area contributed by atoms with Crippen LogP contribution in [0.1, 0.15) is 28.9 Å². The fourth-order valence-electron chi connectivity index (χ4n) is 2.80. The van der Waals surface area contributed by atoms with Crippen LogP contribution in [0.4, 0.5) is 11.4 Å². The van der Waals surface area contributed by atoms with E-state index in [1.54, 1.807) is 30.3 Å². The maximum atomic E-state index is 12.5. The number of halogens is 1. The number of hydrogen-bond acceptors (Lipinski definition) is 4. The van der Waals surface area contributed by atoms with Gasteiger partial charge in [-0.25, -0.2) is 4.79 Å². The van der Waals surface area contributed by atoms with Crippen molar-refractivity contribution in [3.63, 3.8) is 0 Å². The maximum absolute atomic E-state index is 12.5. The molecule has 0 fully saturated rings. The number of para-hydroxylation sites is 2. The summed E-state index contributed by atoms with van der Waals surface area (Å²) in [6, 6.07) is 23.5. The van der Waals surface area contributed by atoms with Crippen LogP contribution >= 0.6 is 11.6 Å². The van der Waals surface area contributed by atoms with E-state index in [0.717, 1.165) is 11.3 Å². The third kappa shape index (κ3) is 5.83. The molecule has 0 heterocycles. The minimum atomic E-state index is -0.574. The standard InChI is InChI=1S/C23H21ClN2O3/c1-16(17-8-7-9-18(24)14-17)25-22(27)15-29-23(28)20-12-5-6-13-21(20)26-19-10-3-2-4-11-19/h2-14,16,26H,15H2,1H3,(H,25,27)/t16-/m0/s1. The Kier molecular flexibility index (Phi) is 6.87. The van der Waals surface area contributed by atoms with Crippen LogP contribution in [0, 0.1) is 0 Å². The summed E-state index contributed by atoms with van der Waals surface area (Å²) in [6.45, 7) is 1.47. The van der Waals surface area contributed by atoms with E-state index in [-0.39, 0.29) is 18.6 Å². The first-order valence-corrected chi connectivity index (χ1v) is 9.54. The molecule has 3 aromatic carbocycles. The van der Waals surface area contributed by atoms with Crippen LogP contribution in [0.3, 0.4) is 0 Å². The Morgan fingerprint density at radius 1 is 0.966 bits per heavy atom. The average Bonchev–Trinajstić information content (AvgIpc) is 2.73. The van der Waals surface area contributed by atoms with E-state index < -0.39 is 5.97 Å². The molecule has 0 radical (unpaired) electrons. The smallest absolute Gasteiger partial charge is 0.340 e. The van der Waals surface area contributed by atoms with Gasteiger partial charge in [0, 0.05) is 10.7 Å². The highest BCUT2D eigenvalue weighted by atomic mass is 35.5. The minimum absolute atomic E-state index is 0.257. The van der Waals surface area contributed by atoms with E-state index in [1.165, 1.54) is 0 Å². The molecule has 0 spiro atoms. The molecule has 0 aliphatic heterocycles. The molecule has 0 aliphatic rings. The largest absolute Gasteiger partial charge is 0.452 e. The second-order valence-corrected chi connectivity index (χ2v) is 6.89. The molecule has 3 aromatic rings. The van der Waals surface area contributed by atoms with Crippen molar-refractivity contribution in [1.29, 1.82) is 0 Å². The average molecular weight is 409 g/mol. The molecule has 0 bridgehead atoms. The maximum Gasteiger partial charge on any atom is 0.340 e. The number of esters is 1. The van der Waals surface area contributed by atoms with Crippen LogP contribution < -0.4 is 10.6 Å². The number of rotatable bonds is 7. The van der Waals surface area contributed by atoms with Gasteiger partial charge in [-0.15, -0.1) is 0 Å². The van der Waals surface area contributed by atoms with Crippen LogP contribution in [-0.4, -0.2) is 18.5 Å². The van der Waals surface area contributed by atoms with E-state index in [0.29, 0.717) is 16.3 Å². The Balaban J connectivity index is 1.58. The van der Waals surface area contributed by atoms with Crippen molar-refractivity contribution in [2.24, 2.45) is 0 Å². The van der Waals surface area contributed by atoms with Crippen LogP contribution in [0.5, 0.6) is 0 Å². The number of carbonyl (C=O) groups is 2. The first kappa shape index (κ1) is 20.4. The van der Waals surface area contributed by atoms with Crippen LogP contribution in [0.2, 0.25) is 5.02 Å². The first-order valence-electron chi connectivity index (χ1n) is 9.16. The molecular weight excluding hydrogens is 388 g/mol. The summed E-state index contributed by atoms with van der Waals surface area (Å²) in [7, 11) is 0. The molecule has 1 atom stereocenters. The highest BCUT2D eigenvalue weighted by molar-refractivity contribution is 6.30. The van der Waals surface area contributed by atoms with Gasteiger partial charge in [-0.1, -0.05) is 54.1 Å². The quantitative estimate of drug-likeness (QED) is 0.532. The summed E-state index contributed by atoms with van der Waals surface area (Å²) in [5.74, 6) is -0.964. The van der Waals surface area contributed by atoms with Gasteiger partial charge in [0.1, 0.15) is 0 Å². The van der Waals surface area contributed by atoms with E-state index >= 15 is 0 Å². The zero-order valence-electron chi connectivity index (χ0n) is 15.9. The zero-order valence-corrected chi connectivity index (χ0v) is 16.6. The van der Waals surface area contributed by atoms with Crippen molar-refractivity contribution >= 4 is 34.9 Å². The van der Waals surface area contributed by atoms with Gasteiger partial charge in [0.25, 0.3) is 5.91 Å².